The molecule has 2 rings (SSSR count). The van der Waals surface area contributed by atoms with Crippen molar-refractivity contribution in [3.05, 3.63) is 60.2 Å². The molecule has 0 aliphatic rings. The minimum absolute atomic E-state index is 0.149. The number of hydrogen-bond acceptors (Lipinski definition) is 5. The predicted molar refractivity (Wildman–Crippen MR) is 106 cm³/mol. The molecule has 0 radical (unpaired) electrons. The van der Waals surface area contributed by atoms with Crippen LogP contribution >= 0.6 is 0 Å². The predicted octanol–water partition coefficient (Wildman–Crippen LogP) is 1.68. The van der Waals surface area contributed by atoms with Crippen molar-refractivity contribution in [3.63, 3.8) is 0 Å². The van der Waals surface area contributed by atoms with Crippen LogP contribution in [0.3, 0.4) is 0 Å². The van der Waals surface area contributed by atoms with Gasteiger partial charge in [0.15, 0.2) is 6.61 Å². The van der Waals surface area contributed by atoms with Crippen LogP contribution in [0.2, 0.25) is 0 Å². The molecule has 8 nitrogen and oxygen atoms in total. The van der Waals surface area contributed by atoms with E-state index in [0.717, 1.165) is 6.42 Å². The minimum Gasteiger partial charge on any atom is -0.484 e. The van der Waals surface area contributed by atoms with Gasteiger partial charge in [-0.15, -0.1) is 0 Å². The lowest BCUT2D eigenvalue weighted by Crippen LogP contribution is -2.38. The number of benzene rings is 2. The van der Waals surface area contributed by atoms with E-state index < -0.39 is 11.8 Å². The molecule has 0 aromatic heterocycles. The SMILES string of the molecule is CCCNC(=O)C(=O)N/N=C\c1cccc(OCC(=O)Nc2ccccc2)c1. The first-order chi connectivity index (χ1) is 13.6. The molecule has 2 aromatic carbocycles. The Kier molecular flexibility index (Phi) is 8.19. The first-order valence-corrected chi connectivity index (χ1v) is 8.77. The van der Waals surface area contributed by atoms with Crippen LogP contribution < -0.4 is 20.8 Å². The van der Waals surface area contributed by atoms with Gasteiger partial charge < -0.3 is 15.4 Å². The Hall–Kier alpha value is -3.68. The molecule has 3 amide bonds. The van der Waals surface area contributed by atoms with E-state index in [0.29, 0.717) is 23.5 Å². The number of carbonyl (C=O) groups excluding carboxylic acids is 3. The van der Waals surface area contributed by atoms with Crippen molar-refractivity contribution in [1.82, 2.24) is 10.7 Å². The molecule has 0 aliphatic carbocycles. The van der Waals surface area contributed by atoms with Crippen LogP contribution in [0.4, 0.5) is 5.69 Å². The van der Waals surface area contributed by atoms with Gasteiger partial charge in [0, 0.05) is 12.2 Å². The van der Waals surface area contributed by atoms with Gasteiger partial charge in [0.2, 0.25) is 0 Å². The van der Waals surface area contributed by atoms with Gasteiger partial charge >= 0.3 is 11.8 Å². The number of hydrogen-bond donors (Lipinski definition) is 3. The number of nitrogens with one attached hydrogen (secondary N) is 3. The molecule has 0 unspecified atom stereocenters. The number of amides is 3. The monoisotopic (exact) mass is 382 g/mol. The number of ether oxygens (including phenoxy) is 1. The molecular formula is C20H22N4O4. The summed E-state index contributed by atoms with van der Waals surface area (Å²) >= 11 is 0. The summed E-state index contributed by atoms with van der Waals surface area (Å²) in [6.45, 7) is 2.16. The molecule has 146 valence electrons. The van der Waals surface area contributed by atoms with E-state index in [1.165, 1.54) is 6.21 Å². The highest BCUT2D eigenvalue weighted by Crippen LogP contribution is 2.12. The highest BCUT2D eigenvalue weighted by Gasteiger charge is 2.10. The maximum absolute atomic E-state index is 11.9. The largest absolute Gasteiger partial charge is 0.484 e. The zero-order chi connectivity index (χ0) is 20.2. The number of nitrogens with zero attached hydrogens (tertiary/aromatic N) is 1. The molecule has 0 bridgehead atoms. The van der Waals surface area contributed by atoms with E-state index in [1.807, 2.05) is 25.1 Å². The second kappa shape index (κ2) is 11.1. The lowest BCUT2D eigenvalue weighted by Gasteiger charge is -2.08. The fourth-order valence-corrected chi connectivity index (χ4v) is 2.09. The molecular weight excluding hydrogens is 360 g/mol. The molecule has 3 N–H and O–H groups in total. The fraction of sp³-hybridized carbons (Fsp3) is 0.200. The van der Waals surface area contributed by atoms with E-state index in [-0.39, 0.29) is 12.5 Å². The Morgan fingerprint density at radius 1 is 1.04 bits per heavy atom. The third kappa shape index (κ3) is 7.28. The zero-order valence-corrected chi connectivity index (χ0v) is 15.5. The number of para-hydroxylation sites is 1. The summed E-state index contributed by atoms with van der Waals surface area (Å²) in [5.74, 6) is -1.38. The number of hydrazone groups is 1. The summed E-state index contributed by atoms with van der Waals surface area (Å²) in [6, 6.07) is 15.9. The number of anilines is 1. The van der Waals surface area contributed by atoms with E-state index in [9.17, 15) is 14.4 Å². The first kappa shape index (κ1) is 20.6. The molecule has 0 atom stereocenters. The lowest BCUT2D eigenvalue weighted by atomic mass is 10.2. The Morgan fingerprint density at radius 2 is 1.82 bits per heavy atom. The first-order valence-electron chi connectivity index (χ1n) is 8.77. The second-order valence-corrected chi connectivity index (χ2v) is 5.73. The maximum Gasteiger partial charge on any atom is 0.329 e. The van der Waals surface area contributed by atoms with Crippen LogP contribution in [0.15, 0.2) is 59.7 Å². The molecule has 0 saturated heterocycles. The lowest BCUT2D eigenvalue weighted by molar-refractivity contribution is -0.139. The van der Waals surface area contributed by atoms with Gasteiger partial charge in [-0.2, -0.15) is 5.10 Å². The summed E-state index contributed by atoms with van der Waals surface area (Å²) in [6.07, 6.45) is 2.11. The Bertz CT molecular complexity index is 837. The van der Waals surface area contributed by atoms with Crippen molar-refractivity contribution in [3.8, 4) is 5.75 Å². The Labute approximate surface area is 163 Å². The van der Waals surface area contributed by atoms with Crippen LogP contribution in [0, 0.1) is 0 Å². The maximum atomic E-state index is 11.9. The van der Waals surface area contributed by atoms with Crippen LogP contribution in [-0.2, 0) is 14.4 Å². The van der Waals surface area contributed by atoms with Crippen LogP contribution in [0.5, 0.6) is 5.75 Å². The quantitative estimate of drug-likeness (QED) is 0.367. The van der Waals surface area contributed by atoms with Crippen LogP contribution in [0.25, 0.3) is 0 Å². The second-order valence-electron chi connectivity index (χ2n) is 5.73. The van der Waals surface area contributed by atoms with Crippen molar-refractivity contribution in [2.45, 2.75) is 13.3 Å². The average molecular weight is 382 g/mol. The van der Waals surface area contributed by atoms with Crippen molar-refractivity contribution < 1.29 is 19.1 Å². The fourth-order valence-electron chi connectivity index (χ4n) is 2.09. The highest BCUT2D eigenvalue weighted by atomic mass is 16.5. The standard InChI is InChI=1S/C20H22N4O4/c1-2-11-21-19(26)20(27)24-22-13-15-7-6-10-17(12-15)28-14-18(25)23-16-8-4-3-5-9-16/h3-10,12-13H,2,11,14H2,1H3,(H,21,26)(H,23,25)(H,24,27)/b22-13-. The molecule has 28 heavy (non-hydrogen) atoms. The van der Waals surface area contributed by atoms with E-state index in [1.54, 1.807) is 36.4 Å². The van der Waals surface area contributed by atoms with Crippen LogP contribution in [0.1, 0.15) is 18.9 Å². The third-order valence-corrected chi connectivity index (χ3v) is 3.41. The third-order valence-electron chi connectivity index (χ3n) is 3.41. The minimum atomic E-state index is -0.838. The molecule has 0 aliphatic heterocycles. The summed E-state index contributed by atoms with van der Waals surface area (Å²) in [7, 11) is 0. The van der Waals surface area contributed by atoms with Gasteiger partial charge in [0.25, 0.3) is 5.91 Å². The van der Waals surface area contributed by atoms with E-state index in [2.05, 4.69) is 21.2 Å². The molecule has 0 heterocycles. The van der Waals surface area contributed by atoms with Gasteiger partial charge in [-0.1, -0.05) is 37.3 Å². The van der Waals surface area contributed by atoms with Crippen molar-refractivity contribution >= 4 is 29.6 Å². The van der Waals surface area contributed by atoms with Crippen LogP contribution in [-0.4, -0.2) is 37.1 Å². The molecule has 0 spiro atoms. The molecule has 0 saturated carbocycles. The topological polar surface area (TPSA) is 109 Å². The summed E-state index contributed by atoms with van der Waals surface area (Å²) in [5, 5.41) is 8.92. The summed E-state index contributed by atoms with van der Waals surface area (Å²) in [5.41, 5.74) is 3.48. The van der Waals surface area contributed by atoms with Gasteiger partial charge in [0.1, 0.15) is 5.75 Å². The van der Waals surface area contributed by atoms with Gasteiger partial charge in [0.05, 0.1) is 6.21 Å². The number of rotatable bonds is 8. The average Bonchev–Trinajstić information content (AvgIpc) is 2.71. The highest BCUT2D eigenvalue weighted by molar-refractivity contribution is 6.35. The smallest absolute Gasteiger partial charge is 0.329 e. The van der Waals surface area contributed by atoms with Gasteiger partial charge in [-0.3, -0.25) is 14.4 Å². The number of carbonyl (C=O) groups is 3. The van der Waals surface area contributed by atoms with Gasteiger partial charge in [-0.05, 0) is 36.2 Å². The summed E-state index contributed by atoms with van der Waals surface area (Å²) in [4.78, 5) is 34.9. The molecule has 0 fully saturated rings. The van der Waals surface area contributed by atoms with E-state index >= 15 is 0 Å². The zero-order valence-electron chi connectivity index (χ0n) is 15.5. The van der Waals surface area contributed by atoms with Crippen molar-refractivity contribution in [2.24, 2.45) is 5.10 Å². The normalized spacial score (nSPS) is 10.3. The van der Waals surface area contributed by atoms with Gasteiger partial charge in [-0.25, -0.2) is 5.43 Å². The Balaban J connectivity index is 1.82. The molecule has 2 aromatic rings. The molecule has 8 heteroatoms. The van der Waals surface area contributed by atoms with Crippen molar-refractivity contribution in [1.29, 1.82) is 0 Å². The Morgan fingerprint density at radius 3 is 2.57 bits per heavy atom. The van der Waals surface area contributed by atoms with E-state index in [4.69, 9.17) is 4.74 Å². The summed E-state index contributed by atoms with van der Waals surface area (Å²) < 4.78 is 5.47. The van der Waals surface area contributed by atoms with Crippen molar-refractivity contribution in [2.75, 3.05) is 18.5 Å².